The van der Waals surface area contributed by atoms with Gasteiger partial charge in [-0.15, -0.1) is 16.4 Å². The molecule has 4 rings (SSSR count). The van der Waals surface area contributed by atoms with Crippen molar-refractivity contribution in [3.8, 4) is 23.0 Å². The maximum absolute atomic E-state index is 12.8. The van der Waals surface area contributed by atoms with Crippen molar-refractivity contribution in [2.45, 2.75) is 24.5 Å². The van der Waals surface area contributed by atoms with Crippen LogP contribution in [0.4, 0.5) is 5.00 Å². The van der Waals surface area contributed by atoms with Crippen molar-refractivity contribution in [2.75, 3.05) is 32.4 Å². The van der Waals surface area contributed by atoms with Gasteiger partial charge in [-0.2, -0.15) is 0 Å². The fourth-order valence-electron chi connectivity index (χ4n) is 3.63. The van der Waals surface area contributed by atoms with Crippen LogP contribution >= 0.6 is 11.3 Å². The molecule has 13 heteroatoms. The van der Waals surface area contributed by atoms with Crippen LogP contribution in [0.25, 0.3) is 11.5 Å². The van der Waals surface area contributed by atoms with Crippen LogP contribution in [0, 0.1) is 0 Å². The summed E-state index contributed by atoms with van der Waals surface area (Å²) in [5, 5.41) is 9.47. The number of amides is 1. The van der Waals surface area contributed by atoms with Gasteiger partial charge in [0, 0.05) is 4.88 Å². The van der Waals surface area contributed by atoms with E-state index >= 15 is 0 Å². The van der Waals surface area contributed by atoms with Crippen molar-refractivity contribution >= 4 is 38.1 Å². The molecule has 11 nitrogen and oxygen atoms in total. The van der Waals surface area contributed by atoms with Gasteiger partial charge in [0.2, 0.25) is 15.7 Å². The molecule has 0 aliphatic heterocycles. The Morgan fingerprint density at radius 2 is 1.94 bits per heavy atom. The molecule has 0 fully saturated rings. The predicted octanol–water partition coefficient (Wildman–Crippen LogP) is 2.50. The normalized spacial score (nSPS) is 12.8. The highest BCUT2D eigenvalue weighted by molar-refractivity contribution is 7.91. The number of nitrogens with one attached hydrogen (secondary N) is 1. The van der Waals surface area contributed by atoms with Crippen LogP contribution in [0.3, 0.4) is 0 Å². The zero-order valence-electron chi connectivity index (χ0n) is 18.5. The standard InChI is InChI=1S/C21H21N3O8S2/c1-29-11-7-8-14(30-2)13(9-11)18-23-24-21(32-18)34(27,28)10-16(25)22-19-17(20(26)31-3)12-5-4-6-15(12)33-19/h7-9H,4-6,10H2,1-3H3,(H,22,25). The molecule has 180 valence electrons. The number of carbonyl (C=O) groups is 2. The smallest absolute Gasteiger partial charge is 0.341 e. The minimum atomic E-state index is -4.27. The monoisotopic (exact) mass is 507 g/mol. The maximum atomic E-state index is 12.8. The number of sulfone groups is 1. The molecule has 3 aromatic rings. The summed E-state index contributed by atoms with van der Waals surface area (Å²) in [7, 11) is -0.108. The van der Waals surface area contributed by atoms with Crippen molar-refractivity contribution in [2.24, 2.45) is 0 Å². The molecule has 1 amide bonds. The van der Waals surface area contributed by atoms with E-state index in [9.17, 15) is 18.0 Å². The third-order valence-corrected chi connectivity index (χ3v) is 7.74. The third-order valence-electron chi connectivity index (χ3n) is 5.19. The quantitative estimate of drug-likeness (QED) is 0.451. The Balaban J connectivity index is 1.55. The van der Waals surface area contributed by atoms with E-state index in [1.807, 2.05) is 0 Å². The van der Waals surface area contributed by atoms with Crippen molar-refractivity contribution in [3.05, 3.63) is 34.2 Å². The SMILES string of the molecule is COC(=O)c1c(NC(=O)CS(=O)(=O)c2nnc(-c3cc(OC)ccc3OC)o2)sc2c1CCC2. The van der Waals surface area contributed by atoms with Crippen LogP contribution in [-0.4, -0.2) is 57.6 Å². The lowest BCUT2D eigenvalue weighted by molar-refractivity contribution is -0.113. The number of thiophene rings is 1. The fourth-order valence-corrected chi connectivity index (χ4v) is 5.84. The predicted molar refractivity (Wildman–Crippen MR) is 121 cm³/mol. The van der Waals surface area contributed by atoms with Crippen molar-refractivity contribution in [3.63, 3.8) is 0 Å². The first-order chi connectivity index (χ1) is 16.3. The van der Waals surface area contributed by atoms with Gasteiger partial charge in [0.25, 0.3) is 5.89 Å². The van der Waals surface area contributed by atoms with Crippen molar-refractivity contribution in [1.29, 1.82) is 0 Å². The number of fused-ring (bicyclic) bond motifs is 1. The number of carbonyl (C=O) groups excluding carboxylic acids is 2. The number of hydrogen-bond acceptors (Lipinski definition) is 11. The highest BCUT2D eigenvalue weighted by Crippen LogP contribution is 2.39. The van der Waals surface area contributed by atoms with Crippen LogP contribution in [0.1, 0.15) is 27.2 Å². The van der Waals surface area contributed by atoms with Gasteiger partial charge in [-0.25, -0.2) is 13.2 Å². The summed E-state index contributed by atoms with van der Waals surface area (Å²) >= 11 is 1.25. The van der Waals surface area contributed by atoms with Crippen LogP contribution in [0.5, 0.6) is 11.5 Å². The number of hydrogen-bond donors (Lipinski definition) is 1. The molecule has 1 aromatic carbocycles. The van der Waals surface area contributed by atoms with E-state index in [-0.39, 0.29) is 16.5 Å². The van der Waals surface area contributed by atoms with E-state index in [4.69, 9.17) is 18.6 Å². The Kier molecular flexibility index (Phi) is 6.57. The first-order valence-electron chi connectivity index (χ1n) is 10.1. The van der Waals surface area contributed by atoms with Crippen molar-refractivity contribution < 1.29 is 36.6 Å². The molecule has 1 N–H and O–H groups in total. The number of methoxy groups -OCH3 is 3. The van der Waals surface area contributed by atoms with Gasteiger partial charge in [0.1, 0.15) is 22.3 Å². The number of aryl methyl sites for hydroxylation is 1. The van der Waals surface area contributed by atoms with E-state index in [1.54, 1.807) is 18.2 Å². The summed E-state index contributed by atoms with van der Waals surface area (Å²) < 4.78 is 46.2. The molecule has 0 atom stereocenters. The molecular formula is C21H21N3O8S2. The second-order valence-electron chi connectivity index (χ2n) is 7.30. The van der Waals surface area contributed by atoms with E-state index < -0.39 is 32.7 Å². The molecule has 0 spiro atoms. The molecule has 0 radical (unpaired) electrons. The fraction of sp³-hybridized carbons (Fsp3) is 0.333. The van der Waals surface area contributed by atoms with Gasteiger partial charge in [-0.1, -0.05) is 5.10 Å². The number of esters is 1. The number of nitrogens with zero attached hydrogens (tertiary/aromatic N) is 2. The average Bonchev–Trinajstić information content (AvgIpc) is 3.54. The van der Waals surface area contributed by atoms with E-state index in [1.165, 1.54) is 32.7 Å². The third kappa shape index (κ3) is 4.48. The molecule has 0 bridgehead atoms. The molecule has 2 aromatic heterocycles. The van der Waals surface area contributed by atoms with Gasteiger partial charge < -0.3 is 23.9 Å². The molecule has 2 heterocycles. The Morgan fingerprint density at radius 3 is 2.65 bits per heavy atom. The van der Waals surface area contributed by atoms with E-state index in [2.05, 4.69) is 15.5 Å². The number of rotatable bonds is 8. The van der Waals surface area contributed by atoms with E-state index in [0.29, 0.717) is 23.5 Å². The average molecular weight is 508 g/mol. The van der Waals surface area contributed by atoms with Gasteiger partial charge in [0.15, 0.2) is 0 Å². The molecule has 1 aliphatic carbocycles. The Labute approximate surface area is 199 Å². The lowest BCUT2D eigenvalue weighted by atomic mass is 10.1. The number of benzene rings is 1. The van der Waals surface area contributed by atoms with Crippen LogP contribution in [0.2, 0.25) is 0 Å². The van der Waals surface area contributed by atoms with Gasteiger partial charge in [0.05, 0.1) is 32.5 Å². The Hall–Kier alpha value is -3.45. The molecule has 0 saturated heterocycles. The lowest BCUT2D eigenvalue weighted by Gasteiger charge is -2.07. The minimum Gasteiger partial charge on any atom is -0.497 e. The second-order valence-corrected chi connectivity index (χ2v) is 10.3. The van der Waals surface area contributed by atoms with Crippen LogP contribution in [-0.2, 0) is 32.2 Å². The number of ether oxygens (including phenoxy) is 3. The molecule has 34 heavy (non-hydrogen) atoms. The summed E-state index contributed by atoms with van der Waals surface area (Å²) in [6.45, 7) is 0. The Morgan fingerprint density at radius 1 is 1.15 bits per heavy atom. The van der Waals surface area contributed by atoms with E-state index in [0.717, 1.165) is 23.3 Å². The number of anilines is 1. The van der Waals surface area contributed by atoms with Crippen LogP contribution < -0.4 is 14.8 Å². The zero-order chi connectivity index (χ0) is 24.5. The van der Waals surface area contributed by atoms with Crippen LogP contribution in [0.15, 0.2) is 27.8 Å². The highest BCUT2D eigenvalue weighted by Gasteiger charge is 2.31. The molecule has 1 aliphatic rings. The topological polar surface area (TPSA) is 147 Å². The highest BCUT2D eigenvalue weighted by atomic mass is 32.2. The van der Waals surface area contributed by atoms with Gasteiger partial charge >= 0.3 is 11.2 Å². The number of aromatic nitrogens is 2. The second kappa shape index (κ2) is 9.43. The lowest BCUT2D eigenvalue weighted by Crippen LogP contribution is -2.24. The summed E-state index contributed by atoms with van der Waals surface area (Å²) in [6, 6.07) is 4.82. The summed E-state index contributed by atoms with van der Waals surface area (Å²) in [5.41, 5.74) is 1.44. The Bertz CT molecular complexity index is 1360. The molecule has 0 unspecified atom stereocenters. The summed E-state index contributed by atoms with van der Waals surface area (Å²) in [5.74, 6) is -1.64. The first kappa shape index (κ1) is 23.7. The largest absolute Gasteiger partial charge is 0.497 e. The maximum Gasteiger partial charge on any atom is 0.341 e. The van der Waals surface area contributed by atoms with Gasteiger partial charge in [-0.3, -0.25) is 4.79 Å². The van der Waals surface area contributed by atoms with Gasteiger partial charge in [-0.05, 0) is 43.0 Å². The van der Waals surface area contributed by atoms with Crippen molar-refractivity contribution in [1.82, 2.24) is 10.2 Å². The zero-order valence-corrected chi connectivity index (χ0v) is 20.2. The summed E-state index contributed by atoms with van der Waals surface area (Å²) in [6.07, 6.45) is 2.39. The molecular weight excluding hydrogens is 486 g/mol. The molecule has 0 saturated carbocycles. The minimum absolute atomic E-state index is 0.114. The summed E-state index contributed by atoms with van der Waals surface area (Å²) in [4.78, 5) is 25.8. The first-order valence-corrected chi connectivity index (χ1v) is 12.6.